The van der Waals surface area contributed by atoms with Crippen molar-refractivity contribution in [3.8, 4) is 6.07 Å². The van der Waals surface area contributed by atoms with Gasteiger partial charge in [-0.1, -0.05) is 19.1 Å². The Balaban J connectivity index is 1.83. The second kappa shape index (κ2) is 5.84. The molecule has 90 valence electrons. The fourth-order valence-corrected chi connectivity index (χ4v) is 2.53. The first-order chi connectivity index (χ1) is 8.28. The molecule has 2 unspecified atom stereocenters. The molecule has 1 heterocycles. The van der Waals surface area contributed by atoms with Gasteiger partial charge in [-0.25, -0.2) is 0 Å². The van der Waals surface area contributed by atoms with E-state index in [1.54, 1.807) is 0 Å². The number of benzene rings is 1. The van der Waals surface area contributed by atoms with Crippen molar-refractivity contribution >= 4 is 0 Å². The van der Waals surface area contributed by atoms with Crippen LogP contribution in [0.3, 0.4) is 0 Å². The molecule has 0 spiro atoms. The normalized spacial score (nSPS) is 24.2. The molecule has 1 aromatic carbocycles. The van der Waals surface area contributed by atoms with Crippen LogP contribution in [0.1, 0.15) is 37.3 Å². The van der Waals surface area contributed by atoms with E-state index in [1.807, 2.05) is 12.1 Å². The van der Waals surface area contributed by atoms with Crippen molar-refractivity contribution in [1.82, 2.24) is 5.32 Å². The first-order valence-electron chi connectivity index (χ1n) is 6.50. The van der Waals surface area contributed by atoms with Crippen LogP contribution in [0.15, 0.2) is 24.3 Å². The standard InChI is InChI=1S/C15H20N2/c1-12-8-9-17-15(10-12)7-6-13-2-4-14(11-16)5-3-13/h2-5,12,15,17H,6-10H2,1H3. The summed E-state index contributed by atoms with van der Waals surface area (Å²) < 4.78 is 0. The van der Waals surface area contributed by atoms with Crippen molar-refractivity contribution in [2.75, 3.05) is 6.54 Å². The van der Waals surface area contributed by atoms with Crippen LogP contribution in [-0.2, 0) is 6.42 Å². The molecule has 2 nitrogen and oxygen atoms in total. The third-order valence-corrected chi connectivity index (χ3v) is 3.62. The molecule has 1 aliphatic heterocycles. The van der Waals surface area contributed by atoms with Crippen molar-refractivity contribution in [1.29, 1.82) is 5.26 Å². The first-order valence-corrected chi connectivity index (χ1v) is 6.50. The van der Waals surface area contributed by atoms with Crippen LogP contribution in [-0.4, -0.2) is 12.6 Å². The summed E-state index contributed by atoms with van der Waals surface area (Å²) in [5.74, 6) is 0.863. The summed E-state index contributed by atoms with van der Waals surface area (Å²) >= 11 is 0. The van der Waals surface area contributed by atoms with E-state index in [9.17, 15) is 0 Å². The first kappa shape index (κ1) is 12.1. The van der Waals surface area contributed by atoms with Gasteiger partial charge >= 0.3 is 0 Å². The average Bonchev–Trinajstić information content (AvgIpc) is 2.37. The molecular formula is C15H20N2. The van der Waals surface area contributed by atoms with Crippen LogP contribution in [0, 0.1) is 17.2 Å². The lowest BCUT2D eigenvalue weighted by atomic mass is 9.91. The molecule has 2 heteroatoms. The van der Waals surface area contributed by atoms with E-state index < -0.39 is 0 Å². The summed E-state index contributed by atoms with van der Waals surface area (Å²) in [6.45, 7) is 3.51. The maximum atomic E-state index is 8.73. The van der Waals surface area contributed by atoms with Gasteiger partial charge in [0.25, 0.3) is 0 Å². The van der Waals surface area contributed by atoms with Gasteiger partial charge in [-0.05, 0) is 55.8 Å². The van der Waals surface area contributed by atoms with Crippen LogP contribution in [0.25, 0.3) is 0 Å². The minimum atomic E-state index is 0.675. The van der Waals surface area contributed by atoms with E-state index in [4.69, 9.17) is 5.26 Å². The maximum Gasteiger partial charge on any atom is 0.0991 e. The van der Waals surface area contributed by atoms with Gasteiger partial charge in [0.2, 0.25) is 0 Å². The Bertz CT molecular complexity index is 388. The van der Waals surface area contributed by atoms with Gasteiger partial charge in [0.05, 0.1) is 11.6 Å². The molecule has 1 fully saturated rings. The van der Waals surface area contributed by atoms with Gasteiger partial charge in [0, 0.05) is 6.04 Å². The number of hydrogen-bond donors (Lipinski definition) is 1. The SMILES string of the molecule is CC1CCNC(CCc2ccc(C#N)cc2)C1. The predicted octanol–water partition coefficient (Wildman–Crippen LogP) is 2.88. The minimum Gasteiger partial charge on any atom is -0.314 e. The zero-order valence-corrected chi connectivity index (χ0v) is 10.4. The number of aryl methyl sites for hydroxylation is 1. The Kier molecular flexibility index (Phi) is 4.17. The van der Waals surface area contributed by atoms with Crippen LogP contribution in [0.2, 0.25) is 0 Å². The highest BCUT2D eigenvalue weighted by Crippen LogP contribution is 2.18. The topological polar surface area (TPSA) is 35.8 Å². The smallest absolute Gasteiger partial charge is 0.0991 e. The van der Waals surface area contributed by atoms with Crippen molar-refractivity contribution in [2.24, 2.45) is 5.92 Å². The molecular weight excluding hydrogens is 208 g/mol. The van der Waals surface area contributed by atoms with E-state index in [0.717, 1.165) is 17.9 Å². The summed E-state index contributed by atoms with van der Waals surface area (Å²) in [5, 5.41) is 12.3. The van der Waals surface area contributed by atoms with Gasteiger partial charge in [-0.2, -0.15) is 5.26 Å². The van der Waals surface area contributed by atoms with Gasteiger partial charge in [-0.3, -0.25) is 0 Å². The van der Waals surface area contributed by atoms with Crippen molar-refractivity contribution < 1.29 is 0 Å². The highest BCUT2D eigenvalue weighted by molar-refractivity contribution is 5.31. The third kappa shape index (κ3) is 3.57. The zero-order valence-electron chi connectivity index (χ0n) is 10.4. The fraction of sp³-hybridized carbons (Fsp3) is 0.533. The van der Waals surface area contributed by atoms with Gasteiger partial charge in [0.1, 0.15) is 0 Å². The second-order valence-corrected chi connectivity index (χ2v) is 5.13. The van der Waals surface area contributed by atoms with Crippen LogP contribution >= 0.6 is 0 Å². The second-order valence-electron chi connectivity index (χ2n) is 5.13. The zero-order chi connectivity index (χ0) is 12.1. The van der Waals surface area contributed by atoms with Crippen molar-refractivity contribution in [3.05, 3.63) is 35.4 Å². The molecule has 2 rings (SSSR count). The molecule has 1 aromatic rings. The van der Waals surface area contributed by atoms with Crippen molar-refractivity contribution in [2.45, 2.75) is 38.6 Å². The number of nitrogens with zero attached hydrogens (tertiary/aromatic N) is 1. The van der Waals surface area contributed by atoms with Gasteiger partial charge < -0.3 is 5.32 Å². The van der Waals surface area contributed by atoms with E-state index in [-0.39, 0.29) is 0 Å². The van der Waals surface area contributed by atoms with Crippen LogP contribution in [0.5, 0.6) is 0 Å². The lowest BCUT2D eigenvalue weighted by Gasteiger charge is -2.28. The summed E-state index contributed by atoms with van der Waals surface area (Å²) in [7, 11) is 0. The summed E-state index contributed by atoms with van der Waals surface area (Å²) in [4.78, 5) is 0. The lowest BCUT2D eigenvalue weighted by molar-refractivity contribution is 0.308. The molecule has 0 aliphatic carbocycles. The average molecular weight is 228 g/mol. The largest absolute Gasteiger partial charge is 0.314 e. The molecule has 0 amide bonds. The predicted molar refractivity (Wildman–Crippen MR) is 69.7 cm³/mol. The minimum absolute atomic E-state index is 0.675. The van der Waals surface area contributed by atoms with E-state index in [0.29, 0.717) is 6.04 Å². The molecule has 0 bridgehead atoms. The molecule has 1 aliphatic rings. The van der Waals surface area contributed by atoms with Gasteiger partial charge in [0.15, 0.2) is 0 Å². The van der Waals surface area contributed by atoms with E-state index >= 15 is 0 Å². The molecule has 0 radical (unpaired) electrons. The maximum absolute atomic E-state index is 8.73. The Morgan fingerprint density at radius 3 is 2.76 bits per heavy atom. The molecule has 1 saturated heterocycles. The number of nitriles is 1. The molecule has 0 aromatic heterocycles. The Labute approximate surface area is 104 Å². The van der Waals surface area contributed by atoms with Gasteiger partial charge in [-0.15, -0.1) is 0 Å². The highest BCUT2D eigenvalue weighted by atomic mass is 14.9. The summed E-state index contributed by atoms with van der Waals surface area (Å²) in [6, 6.07) is 10.8. The lowest BCUT2D eigenvalue weighted by Crippen LogP contribution is -2.37. The molecule has 17 heavy (non-hydrogen) atoms. The van der Waals surface area contributed by atoms with E-state index in [2.05, 4.69) is 30.4 Å². The van der Waals surface area contributed by atoms with Crippen LogP contribution in [0.4, 0.5) is 0 Å². The Hall–Kier alpha value is -1.33. The number of piperidine rings is 1. The number of hydrogen-bond acceptors (Lipinski definition) is 2. The molecule has 1 N–H and O–H groups in total. The number of nitrogens with one attached hydrogen (secondary N) is 1. The quantitative estimate of drug-likeness (QED) is 0.863. The highest BCUT2D eigenvalue weighted by Gasteiger charge is 2.17. The summed E-state index contributed by atoms with van der Waals surface area (Å²) in [6.07, 6.45) is 4.93. The Morgan fingerprint density at radius 2 is 2.12 bits per heavy atom. The van der Waals surface area contributed by atoms with Crippen molar-refractivity contribution in [3.63, 3.8) is 0 Å². The fourth-order valence-electron chi connectivity index (χ4n) is 2.53. The molecule has 2 atom stereocenters. The van der Waals surface area contributed by atoms with Crippen LogP contribution < -0.4 is 5.32 Å². The van der Waals surface area contributed by atoms with E-state index in [1.165, 1.54) is 31.4 Å². The Morgan fingerprint density at radius 1 is 1.35 bits per heavy atom. The monoisotopic (exact) mass is 228 g/mol. The third-order valence-electron chi connectivity index (χ3n) is 3.62. The molecule has 0 saturated carbocycles. The summed E-state index contributed by atoms with van der Waals surface area (Å²) in [5.41, 5.74) is 2.09. The number of rotatable bonds is 3.